The van der Waals surface area contributed by atoms with Crippen molar-refractivity contribution >= 4 is 0 Å². The van der Waals surface area contributed by atoms with Crippen LogP contribution in [0.25, 0.3) is 11.1 Å². The summed E-state index contributed by atoms with van der Waals surface area (Å²) in [5.41, 5.74) is 5.81. The largest absolute Gasteiger partial charge is 0.508 e. The van der Waals surface area contributed by atoms with E-state index >= 15 is 0 Å². The molecule has 4 heteroatoms. The van der Waals surface area contributed by atoms with Gasteiger partial charge >= 0.3 is 0 Å². The lowest BCUT2D eigenvalue weighted by Crippen LogP contribution is -2.31. The van der Waals surface area contributed by atoms with Crippen LogP contribution in [0, 0.1) is 6.92 Å². The van der Waals surface area contributed by atoms with E-state index in [1.807, 2.05) is 55.5 Å². The molecule has 0 spiro atoms. The highest BCUT2D eigenvalue weighted by atomic mass is 16.3. The molecule has 4 N–H and O–H groups in total. The summed E-state index contributed by atoms with van der Waals surface area (Å²) in [6.07, 6.45) is 0. The summed E-state index contributed by atoms with van der Waals surface area (Å²) in [7, 11) is 0. The zero-order chi connectivity index (χ0) is 25.3. The van der Waals surface area contributed by atoms with Crippen LogP contribution in [0.15, 0.2) is 115 Å². The number of benzene rings is 5. The van der Waals surface area contributed by atoms with Gasteiger partial charge in [-0.15, -0.1) is 0 Å². The highest BCUT2D eigenvalue weighted by molar-refractivity contribution is 5.76. The Morgan fingerprint density at radius 3 is 1.19 bits per heavy atom. The molecule has 0 radical (unpaired) electrons. The lowest BCUT2D eigenvalue weighted by molar-refractivity contribution is 0.474. The molecule has 0 heterocycles. The average molecular weight is 475 g/mol. The summed E-state index contributed by atoms with van der Waals surface area (Å²) in [6.45, 7) is 2.04. The van der Waals surface area contributed by atoms with Gasteiger partial charge in [0.05, 0.1) is 5.41 Å². The minimum atomic E-state index is -0.865. The van der Waals surface area contributed by atoms with Crippen molar-refractivity contribution in [2.45, 2.75) is 12.3 Å². The summed E-state index contributed by atoms with van der Waals surface area (Å²) < 4.78 is 0. The number of aromatic hydroxyl groups is 4. The Bertz CT molecular complexity index is 1370. The van der Waals surface area contributed by atoms with Gasteiger partial charge in [-0.3, -0.25) is 0 Å². The van der Waals surface area contributed by atoms with Crippen LogP contribution in [-0.4, -0.2) is 20.4 Å². The fourth-order valence-corrected chi connectivity index (χ4v) is 4.97. The maximum atomic E-state index is 10.1. The summed E-state index contributed by atoms with van der Waals surface area (Å²) in [5.74, 6) is 0.667. The van der Waals surface area contributed by atoms with Gasteiger partial charge in [0.1, 0.15) is 23.0 Å². The number of aryl methyl sites for hydroxylation is 1. The Kier molecular flexibility index (Phi) is 5.87. The highest BCUT2D eigenvalue weighted by Gasteiger charge is 2.40. The fraction of sp³-hybridized carbons (Fsp3) is 0.0625. The average Bonchev–Trinajstić information content (AvgIpc) is 2.88. The van der Waals surface area contributed by atoms with Gasteiger partial charge in [0, 0.05) is 0 Å². The zero-order valence-corrected chi connectivity index (χ0v) is 19.8. The maximum absolute atomic E-state index is 10.1. The molecule has 178 valence electrons. The van der Waals surface area contributed by atoms with Crippen molar-refractivity contribution in [3.8, 4) is 34.1 Å². The molecule has 0 fully saturated rings. The number of phenolic OH excluding ortho intramolecular Hbond substituents is 4. The Morgan fingerprint density at radius 1 is 0.444 bits per heavy atom. The molecule has 0 aliphatic heterocycles. The minimum Gasteiger partial charge on any atom is -0.508 e. The lowest BCUT2D eigenvalue weighted by Gasteiger charge is -2.38. The van der Waals surface area contributed by atoms with Crippen molar-refractivity contribution in [3.63, 3.8) is 0 Å². The van der Waals surface area contributed by atoms with Crippen molar-refractivity contribution in [2.24, 2.45) is 0 Å². The summed E-state index contributed by atoms with van der Waals surface area (Å²) in [6, 6.07) is 34.8. The lowest BCUT2D eigenvalue weighted by atomic mass is 9.63. The van der Waals surface area contributed by atoms with Crippen molar-refractivity contribution in [2.75, 3.05) is 0 Å². The van der Waals surface area contributed by atoms with E-state index < -0.39 is 5.41 Å². The topological polar surface area (TPSA) is 80.9 Å². The van der Waals surface area contributed by atoms with E-state index in [0.29, 0.717) is 0 Å². The number of phenols is 4. The molecule has 0 unspecified atom stereocenters. The predicted octanol–water partition coefficient (Wildman–Crippen LogP) is 6.87. The van der Waals surface area contributed by atoms with E-state index in [2.05, 4.69) is 18.2 Å². The van der Waals surface area contributed by atoms with Crippen LogP contribution < -0.4 is 0 Å². The van der Waals surface area contributed by atoms with Crippen LogP contribution in [0.5, 0.6) is 23.0 Å². The molecule has 4 nitrogen and oxygen atoms in total. The van der Waals surface area contributed by atoms with E-state index in [9.17, 15) is 20.4 Å². The SMILES string of the molecule is Cc1ccc(C(c2ccc(O)cc2)(c2ccc(O)cc2)c2ccc(O)cc2)c(-c2ccc(O)cc2)c1. The third kappa shape index (κ3) is 4.03. The molecule has 5 rings (SSSR count). The van der Waals surface area contributed by atoms with Gasteiger partial charge < -0.3 is 20.4 Å². The van der Waals surface area contributed by atoms with Gasteiger partial charge in [-0.05, 0) is 88.8 Å². The Labute approximate surface area is 210 Å². The Hall–Kier alpha value is -4.70. The first-order valence-corrected chi connectivity index (χ1v) is 11.7. The first-order chi connectivity index (χ1) is 17.4. The van der Waals surface area contributed by atoms with Crippen LogP contribution >= 0.6 is 0 Å². The van der Waals surface area contributed by atoms with Gasteiger partial charge in [0.15, 0.2) is 0 Å². The van der Waals surface area contributed by atoms with Crippen LogP contribution in [0.2, 0.25) is 0 Å². The number of rotatable bonds is 5. The smallest absolute Gasteiger partial charge is 0.115 e. The zero-order valence-electron chi connectivity index (χ0n) is 19.8. The van der Waals surface area contributed by atoms with Gasteiger partial charge in [-0.2, -0.15) is 0 Å². The molecule has 5 aromatic rings. The molecule has 0 aromatic heterocycles. The predicted molar refractivity (Wildman–Crippen MR) is 142 cm³/mol. The highest BCUT2D eigenvalue weighted by Crippen LogP contribution is 2.49. The molecular weight excluding hydrogens is 448 g/mol. The van der Waals surface area contributed by atoms with Crippen molar-refractivity contribution in [1.82, 2.24) is 0 Å². The van der Waals surface area contributed by atoms with Gasteiger partial charge in [0.2, 0.25) is 0 Å². The number of hydrogen-bond donors (Lipinski definition) is 4. The summed E-state index contributed by atoms with van der Waals surface area (Å²) in [5, 5.41) is 40.3. The van der Waals surface area contributed by atoms with Crippen LogP contribution in [0.1, 0.15) is 27.8 Å². The molecular formula is C32H26O4. The van der Waals surface area contributed by atoms with E-state index in [1.54, 1.807) is 48.5 Å². The molecule has 0 saturated carbocycles. The third-order valence-electron chi connectivity index (χ3n) is 6.66. The minimum absolute atomic E-state index is 0.159. The first-order valence-electron chi connectivity index (χ1n) is 11.7. The molecule has 5 aromatic carbocycles. The molecule has 0 amide bonds. The van der Waals surface area contributed by atoms with Crippen LogP contribution in [0.3, 0.4) is 0 Å². The second-order valence-corrected chi connectivity index (χ2v) is 8.99. The first kappa shape index (κ1) is 23.1. The summed E-state index contributed by atoms with van der Waals surface area (Å²) >= 11 is 0. The third-order valence-corrected chi connectivity index (χ3v) is 6.66. The standard InChI is InChI=1S/C32H26O4/c1-21-2-19-31(30(20-21)22-3-11-26(33)12-4-22)32(23-5-13-27(34)14-6-23,24-7-15-28(35)16-8-24)25-9-17-29(36)18-10-25/h2-20,33-36H,1H3. The molecule has 0 saturated heterocycles. The number of hydrogen-bond acceptors (Lipinski definition) is 4. The van der Waals surface area contributed by atoms with Crippen LogP contribution in [0.4, 0.5) is 0 Å². The van der Waals surface area contributed by atoms with E-state index in [4.69, 9.17) is 0 Å². The maximum Gasteiger partial charge on any atom is 0.115 e. The van der Waals surface area contributed by atoms with Gasteiger partial charge in [-0.25, -0.2) is 0 Å². The normalized spacial score (nSPS) is 11.4. The van der Waals surface area contributed by atoms with E-state index in [0.717, 1.165) is 38.9 Å². The van der Waals surface area contributed by atoms with Crippen molar-refractivity contribution in [3.05, 3.63) is 143 Å². The molecule has 36 heavy (non-hydrogen) atoms. The molecule has 0 bridgehead atoms. The monoisotopic (exact) mass is 474 g/mol. The van der Waals surface area contributed by atoms with E-state index in [-0.39, 0.29) is 23.0 Å². The summed E-state index contributed by atoms with van der Waals surface area (Å²) in [4.78, 5) is 0. The second kappa shape index (κ2) is 9.16. The molecule has 0 atom stereocenters. The van der Waals surface area contributed by atoms with Gasteiger partial charge in [-0.1, -0.05) is 72.3 Å². The van der Waals surface area contributed by atoms with Crippen LogP contribution in [-0.2, 0) is 5.41 Å². The second-order valence-electron chi connectivity index (χ2n) is 8.99. The van der Waals surface area contributed by atoms with Crippen molar-refractivity contribution in [1.29, 1.82) is 0 Å². The van der Waals surface area contributed by atoms with Gasteiger partial charge in [0.25, 0.3) is 0 Å². The van der Waals surface area contributed by atoms with Crippen molar-refractivity contribution < 1.29 is 20.4 Å². The quantitative estimate of drug-likeness (QED) is 0.210. The Morgan fingerprint density at radius 2 is 0.806 bits per heavy atom. The molecule has 0 aliphatic carbocycles. The Balaban J connectivity index is 1.95. The molecule has 0 aliphatic rings. The van der Waals surface area contributed by atoms with E-state index in [1.165, 1.54) is 0 Å². The fourth-order valence-electron chi connectivity index (χ4n) is 4.97.